The van der Waals surface area contributed by atoms with Crippen molar-refractivity contribution >= 4 is 16.9 Å². The summed E-state index contributed by atoms with van der Waals surface area (Å²) in [5, 5.41) is 0.453. The van der Waals surface area contributed by atoms with Gasteiger partial charge in [-0.3, -0.25) is 9.36 Å². The average Bonchev–Trinajstić information content (AvgIpc) is 2.55. The minimum atomic E-state index is -0.651. The zero-order valence-corrected chi connectivity index (χ0v) is 11.3. The van der Waals surface area contributed by atoms with Crippen LogP contribution in [0.15, 0.2) is 59.4 Å². The summed E-state index contributed by atoms with van der Waals surface area (Å²) in [5.74, 6) is -0.686. The number of benzene rings is 2. The van der Waals surface area contributed by atoms with Gasteiger partial charge in [-0.05, 0) is 24.3 Å². The fourth-order valence-corrected chi connectivity index (χ4v) is 2.18. The third-order valence-electron chi connectivity index (χ3n) is 3.16. The maximum Gasteiger partial charge on any atom is 0.374 e. The molecule has 0 saturated heterocycles. The number of methoxy groups -OCH3 is 1. The number of para-hydroxylation sites is 2. The Morgan fingerprint density at radius 3 is 2.43 bits per heavy atom. The standard InChI is InChI=1S/C16H12N2O3/c1-21-16(20)14-17-13-10-6-5-9-12(13)15(19)18(14)11-7-3-2-4-8-11/h2-10H,1H3. The molecule has 1 heterocycles. The summed E-state index contributed by atoms with van der Waals surface area (Å²) >= 11 is 0. The molecule has 0 radical (unpaired) electrons. The van der Waals surface area contributed by atoms with Crippen LogP contribution in [0, 0.1) is 0 Å². The van der Waals surface area contributed by atoms with Crippen LogP contribution in [0.2, 0.25) is 0 Å². The molecule has 3 aromatic rings. The van der Waals surface area contributed by atoms with Gasteiger partial charge in [0.05, 0.1) is 23.7 Å². The molecular weight excluding hydrogens is 268 g/mol. The minimum Gasteiger partial charge on any atom is -0.463 e. The summed E-state index contributed by atoms with van der Waals surface area (Å²) in [6.45, 7) is 0. The van der Waals surface area contributed by atoms with Gasteiger partial charge in [-0.1, -0.05) is 30.3 Å². The average molecular weight is 280 g/mol. The van der Waals surface area contributed by atoms with E-state index in [0.29, 0.717) is 16.6 Å². The highest BCUT2D eigenvalue weighted by Gasteiger charge is 2.18. The van der Waals surface area contributed by atoms with Crippen LogP contribution >= 0.6 is 0 Å². The van der Waals surface area contributed by atoms with Crippen molar-refractivity contribution in [2.24, 2.45) is 0 Å². The molecule has 1 aromatic heterocycles. The highest BCUT2D eigenvalue weighted by molar-refractivity contribution is 5.89. The Hall–Kier alpha value is -2.95. The van der Waals surface area contributed by atoms with Crippen molar-refractivity contribution in [3.63, 3.8) is 0 Å². The number of nitrogens with zero attached hydrogens (tertiary/aromatic N) is 2. The predicted molar refractivity (Wildman–Crippen MR) is 78.7 cm³/mol. The van der Waals surface area contributed by atoms with Gasteiger partial charge in [-0.15, -0.1) is 0 Å². The van der Waals surface area contributed by atoms with Gasteiger partial charge in [0.2, 0.25) is 5.82 Å². The monoisotopic (exact) mass is 280 g/mol. The summed E-state index contributed by atoms with van der Waals surface area (Å²) in [4.78, 5) is 28.9. The van der Waals surface area contributed by atoms with Crippen molar-refractivity contribution in [1.82, 2.24) is 9.55 Å². The molecule has 0 unspecified atom stereocenters. The molecule has 5 nitrogen and oxygen atoms in total. The van der Waals surface area contributed by atoms with Crippen LogP contribution < -0.4 is 5.56 Å². The quantitative estimate of drug-likeness (QED) is 0.675. The molecule has 0 fully saturated rings. The van der Waals surface area contributed by atoms with E-state index in [0.717, 1.165) is 0 Å². The van der Waals surface area contributed by atoms with Crippen molar-refractivity contribution in [3.8, 4) is 5.69 Å². The fraction of sp³-hybridized carbons (Fsp3) is 0.0625. The molecule has 0 spiro atoms. The van der Waals surface area contributed by atoms with Gasteiger partial charge in [0.15, 0.2) is 0 Å². The molecule has 0 bridgehead atoms. The number of rotatable bonds is 2. The Morgan fingerprint density at radius 1 is 1.05 bits per heavy atom. The number of carbonyl (C=O) groups is 1. The van der Waals surface area contributed by atoms with E-state index < -0.39 is 5.97 Å². The third-order valence-corrected chi connectivity index (χ3v) is 3.16. The van der Waals surface area contributed by atoms with E-state index >= 15 is 0 Å². The Labute approximate surface area is 120 Å². The Balaban J connectivity index is 2.43. The number of ether oxygens (including phenoxy) is 1. The van der Waals surface area contributed by atoms with Crippen LogP contribution in [0.4, 0.5) is 0 Å². The van der Waals surface area contributed by atoms with E-state index in [1.165, 1.54) is 11.7 Å². The molecule has 0 N–H and O–H groups in total. The topological polar surface area (TPSA) is 61.2 Å². The van der Waals surface area contributed by atoms with E-state index in [9.17, 15) is 9.59 Å². The summed E-state index contributed by atoms with van der Waals surface area (Å²) in [6.07, 6.45) is 0. The molecule has 21 heavy (non-hydrogen) atoms. The van der Waals surface area contributed by atoms with Gasteiger partial charge in [0.1, 0.15) is 0 Å². The van der Waals surface area contributed by atoms with Crippen molar-refractivity contribution in [2.45, 2.75) is 0 Å². The van der Waals surface area contributed by atoms with Crippen molar-refractivity contribution < 1.29 is 9.53 Å². The van der Waals surface area contributed by atoms with Gasteiger partial charge in [-0.25, -0.2) is 9.78 Å². The first kappa shape index (κ1) is 13.1. The molecule has 2 aromatic carbocycles. The number of hydrogen-bond donors (Lipinski definition) is 0. The predicted octanol–water partition coefficient (Wildman–Crippen LogP) is 2.17. The number of hydrogen-bond acceptors (Lipinski definition) is 4. The number of aromatic nitrogens is 2. The molecular formula is C16H12N2O3. The maximum absolute atomic E-state index is 12.7. The molecule has 3 rings (SSSR count). The molecule has 0 aliphatic rings. The summed E-state index contributed by atoms with van der Waals surface area (Å²) < 4.78 is 6.01. The molecule has 5 heteroatoms. The van der Waals surface area contributed by atoms with Crippen LogP contribution in [-0.4, -0.2) is 22.6 Å². The smallest absolute Gasteiger partial charge is 0.374 e. The Bertz CT molecular complexity index is 870. The zero-order chi connectivity index (χ0) is 14.8. The van der Waals surface area contributed by atoms with Crippen molar-refractivity contribution in [1.29, 1.82) is 0 Å². The SMILES string of the molecule is COC(=O)c1nc2ccccc2c(=O)n1-c1ccccc1. The lowest BCUT2D eigenvalue weighted by molar-refractivity contribution is 0.0583. The van der Waals surface area contributed by atoms with E-state index in [4.69, 9.17) is 4.74 Å². The van der Waals surface area contributed by atoms with Crippen LogP contribution in [0.5, 0.6) is 0 Å². The minimum absolute atomic E-state index is 0.0348. The zero-order valence-electron chi connectivity index (χ0n) is 11.3. The highest BCUT2D eigenvalue weighted by Crippen LogP contribution is 2.13. The first-order valence-electron chi connectivity index (χ1n) is 6.38. The van der Waals surface area contributed by atoms with E-state index in [1.807, 2.05) is 6.07 Å². The second-order valence-electron chi connectivity index (χ2n) is 4.42. The maximum atomic E-state index is 12.7. The molecule has 104 valence electrons. The normalized spacial score (nSPS) is 10.5. The van der Waals surface area contributed by atoms with E-state index in [1.54, 1.807) is 48.5 Å². The van der Waals surface area contributed by atoms with E-state index in [2.05, 4.69) is 4.98 Å². The lowest BCUT2D eigenvalue weighted by atomic mass is 10.2. The first-order valence-corrected chi connectivity index (χ1v) is 6.38. The largest absolute Gasteiger partial charge is 0.463 e. The molecule has 0 atom stereocenters. The molecule has 0 aliphatic heterocycles. The highest BCUT2D eigenvalue weighted by atomic mass is 16.5. The Morgan fingerprint density at radius 2 is 1.71 bits per heavy atom. The number of fused-ring (bicyclic) bond motifs is 1. The first-order chi connectivity index (χ1) is 10.2. The second kappa shape index (κ2) is 5.20. The molecule has 0 saturated carbocycles. The molecule has 0 aliphatic carbocycles. The Kier molecular flexibility index (Phi) is 3.23. The van der Waals surface area contributed by atoms with E-state index in [-0.39, 0.29) is 11.4 Å². The van der Waals surface area contributed by atoms with Gasteiger partial charge >= 0.3 is 5.97 Å². The fourth-order valence-electron chi connectivity index (χ4n) is 2.18. The van der Waals surface area contributed by atoms with Gasteiger partial charge < -0.3 is 4.74 Å². The lowest BCUT2D eigenvalue weighted by Gasteiger charge is -2.11. The molecule has 0 amide bonds. The third kappa shape index (κ3) is 2.18. The number of esters is 1. The van der Waals surface area contributed by atoms with Crippen LogP contribution in [0.3, 0.4) is 0 Å². The van der Waals surface area contributed by atoms with Crippen LogP contribution in [-0.2, 0) is 4.74 Å². The summed E-state index contributed by atoms with van der Waals surface area (Å²) in [5.41, 5.74) is 0.739. The van der Waals surface area contributed by atoms with Gasteiger partial charge in [0.25, 0.3) is 5.56 Å². The van der Waals surface area contributed by atoms with Crippen molar-refractivity contribution in [3.05, 3.63) is 70.8 Å². The lowest BCUT2D eigenvalue weighted by Crippen LogP contribution is -2.27. The second-order valence-corrected chi connectivity index (χ2v) is 4.42. The summed E-state index contributed by atoms with van der Waals surface area (Å²) in [6, 6.07) is 15.8. The van der Waals surface area contributed by atoms with Crippen molar-refractivity contribution in [2.75, 3.05) is 7.11 Å². The summed E-state index contributed by atoms with van der Waals surface area (Å²) in [7, 11) is 1.26. The number of carbonyl (C=O) groups excluding carboxylic acids is 1. The van der Waals surface area contributed by atoms with Crippen LogP contribution in [0.1, 0.15) is 10.6 Å². The van der Waals surface area contributed by atoms with Gasteiger partial charge in [-0.2, -0.15) is 0 Å². The van der Waals surface area contributed by atoms with Gasteiger partial charge in [0, 0.05) is 0 Å². The van der Waals surface area contributed by atoms with Crippen LogP contribution in [0.25, 0.3) is 16.6 Å².